The SMILES string of the molecule is Cc1ccc(CNC(=O)Cn2cc(S(=O)(=O)N3CCCC3)ccc2=O)cc1. The molecule has 0 aliphatic carbocycles. The molecule has 144 valence electrons. The summed E-state index contributed by atoms with van der Waals surface area (Å²) in [7, 11) is -3.63. The molecule has 2 aromatic rings. The van der Waals surface area contributed by atoms with Crippen LogP contribution in [0.1, 0.15) is 24.0 Å². The second-order valence-electron chi connectivity index (χ2n) is 6.70. The lowest BCUT2D eigenvalue weighted by Gasteiger charge is -2.16. The molecule has 3 rings (SSSR count). The molecular weight excluding hydrogens is 366 g/mol. The fourth-order valence-electron chi connectivity index (χ4n) is 2.98. The van der Waals surface area contributed by atoms with Crippen molar-refractivity contribution in [3.8, 4) is 0 Å². The lowest BCUT2D eigenvalue weighted by molar-refractivity contribution is -0.121. The van der Waals surface area contributed by atoms with Crippen LogP contribution in [0.5, 0.6) is 0 Å². The Kier molecular flexibility index (Phi) is 5.76. The summed E-state index contributed by atoms with van der Waals surface area (Å²) in [5, 5.41) is 2.75. The van der Waals surface area contributed by atoms with E-state index in [0.717, 1.165) is 28.5 Å². The average Bonchev–Trinajstić information content (AvgIpc) is 3.18. The number of amides is 1. The van der Waals surface area contributed by atoms with Crippen LogP contribution in [-0.4, -0.2) is 36.3 Å². The van der Waals surface area contributed by atoms with Crippen molar-refractivity contribution in [2.75, 3.05) is 13.1 Å². The van der Waals surface area contributed by atoms with Crippen LogP contribution in [0.25, 0.3) is 0 Å². The molecular formula is C19H23N3O4S. The quantitative estimate of drug-likeness (QED) is 0.806. The molecule has 1 aromatic carbocycles. The highest BCUT2D eigenvalue weighted by Crippen LogP contribution is 2.19. The van der Waals surface area contributed by atoms with Gasteiger partial charge < -0.3 is 9.88 Å². The number of carbonyl (C=O) groups is 1. The zero-order valence-corrected chi connectivity index (χ0v) is 16.0. The molecule has 0 radical (unpaired) electrons. The topological polar surface area (TPSA) is 88.5 Å². The van der Waals surface area contributed by atoms with E-state index < -0.39 is 15.6 Å². The zero-order valence-electron chi connectivity index (χ0n) is 15.2. The van der Waals surface area contributed by atoms with Gasteiger partial charge in [0.15, 0.2) is 0 Å². The molecule has 1 fully saturated rings. The lowest BCUT2D eigenvalue weighted by Crippen LogP contribution is -2.33. The first-order chi connectivity index (χ1) is 12.9. The predicted octanol–water partition coefficient (Wildman–Crippen LogP) is 1.26. The van der Waals surface area contributed by atoms with E-state index >= 15 is 0 Å². The smallest absolute Gasteiger partial charge is 0.251 e. The van der Waals surface area contributed by atoms with Crippen LogP contribution in [0.3, 0.4) is 0 Å². The zero-order chi connectivity index (χ0) is 19.4. The van der Waals surface area contributed by atoms with Gasteiger partial charge in [0.2, 0.25) is 15.9 Å². The number of rotatable bonds is 6. The maximum atomic E-state index is 12.6. The maximum Gasteiger partial charge on any atom is 0.251 e. The summed E-state index contributed by atoms with van der Waals surface area (Å²) in [6.45, 7) is 3.07. The Balaban J connectivity index is 1.69. The van der Waals surface area contributed by atoms with Crippen molar-refractivity contribution >= 4 is 15.9 Å². The van der Waals surface area contributed by atoms with Crippen LogP contribution in [0.15, 0.2) is 52.3 Å². The number of pyridine rings is 1. The van der Waals surface area contributed by atoms with Gasteiger partial charge in [0, 0.05) is 31.9 Å². The number of hydrogen-bond acceptors (Lipinski definition) is 4. The van der Waals surface area contributed by atoms with Gasteiger partial charge in [0.25, 0.3) is 5.56 Å². The molecule has 1 aromatic heterocycles. The number of hydrogen-bond donors (Lipinski definition) is 1. The Labute approximate surface area is 158 Å². The molecule has 8 heteroatoms. The molecule has 2 heterocycles. The first-order valence-corrected chi connectivity index (χ1v) is 10.3. The van der Waals surface area contributed by atoms with Gasteiger partial charge in [-0.1, -0.05) is 29.8 Å². The number of benzene rings is 1. The van der Waals surface area contributed by atoms with Crippen LogP contribution in [0, 0.1) is 6.92 Å². The van der Waals surface area contributed by atoms with E-state index in [-0.39, 0.29) is 17.3 Å². The third-order valence-corrected chi connectivity index (χ3v) is 6.47. The summed E-state index contributed by atoms with van der Waals surface area (Å²) in [4.78, 5) is 24.3. The Morgan fingerprint density at radius 1 is 1.07 bits per heavy atom. The summed E-state index contributed by atoms with van der Waals surface area (Å²) in [5.41, 5.74) is 1.67. The molecule has 0 atom stereocenters. The van der Waals surface area contributed by atoms with Crippen molar-refractivity contribution < 1.29 is 13.2 Å². The fourth-order valence-corrected chi connectivity index (χ4v) is 4.52. The Hall–Kier alpha value is -2.45. The largest absolute Gasteiger partial charge is 0.350 e. The molecule has 27 heavy (non-hydrogen) atoms. The van der Waals surface area contributed by atoms with Gasteiger partial charge in [0.1, 0.15) is 6.54 Å². The highest BCUT2D eigenvalue weighted by molar-refractivity contribution is 7.89. The van der Waals surface area contributed by atoms with Gasteiger partial charge in [0.05, 0.1) is 4.90 Å². The van der Waals surface area contributed by atoms with Crippen molar-refractivity contribution in [1.82, 2.24) is 14.2 Å². The van der Waals surface area contributed by atoms with E-state index in [1.54, 1.807) is 0 Å². The molecule has 1 amide bonds. The monoisotopic (exact) mass is 389 g/mol. The second kappa shape index (κ2) is 8.06. The number of aromatic nitrogens is 1. The summed E-state index contributed by atoms with van der Waals surface area (Å²) < 4.78 is 27.8. The number of nitrogens with one attached hydrogen (secondary N) is 1. The van der Waals surface area contributed by atoms with E-state index in [2.05, 4.69) is 5.32 Å². The van der Waals surface area contributed by atoms with Crippen LogP contribution in [0.2, 0.25) is 0 Å². The summed E-state index contributed by atoms with van der Waals surface area (Å²) >= 11 is 0. The molecule has 0 saturated carbocycles. The normalized spacial score (nSPS) is 15.0. The van der Waals surface area contributed by atoms with Gasteiger partial charge in [-0.2, -0.15) is 4.31 Å². The van der Waals surface area contributed by atoms with E-state index in [0.29, 0.717) is 19.6 Å². The average molecular weight is 389 g/mol. The molecule has 1 N–H and O–H groups in total. The minimum Gasteiger partial charge on any atom is -0.350 e. The minimum atomic E-state index is -3.63. The second-order valence-corrected chi connectivity index (χ2v) is 8.64. The van der Waals surface area contributed by atoms with Gasteiger partial charge in [-0.05, 0) is 31.4 Å². The summed E-state index contributed by atoms with van der Waals surface area (Å²) in [6.07, 6.45) is 2.92. The van der Waals surface area contributed by atoms with E-state index in [1.807, 2.05) is 31.2 Å². The van der Waals surface area contributed by atoms with Gasteiger partial charge >= 0.3 is 0 Å². The van der Waals surface area contributed by atoms with Crippen LogP contribution in [-0.2, 0) is 27.9 Å². The van der Waals surface area contributed by atoms with Crippen LogP contribution >= 0.6 is 0 Å². The fraction of sp³-hybridized carbons (Fsp3) is 0.368. The van der Waals surface area contributed by atoms with Crippen LogP contribution in [0.4, 0.5) is 0 Å². The predicted molar refractivity (Wildman–Crippen MR) is 102 cm³/mol. The molecule has 0 unspecified atom stereocenters. The molecule has 1 aliphatic rings. The summed E-state index contributed by atoms with van der Waals surface area (Å²) in [6, 6.07) is 10.3. The minimum absolute atomic E-state index is 0.0373. The Morgan fingerprint density at radius 3 is 2.41 bits per heavy atom. The van der Waals surface area contributed by atoms with Gasteiger partial charge in [-0.3, -0.25) is 9.59 Å². The third-order valence-electron chi connectivity index (χ3n) is 4.58. The van der Waals surface area contributed by atoms with E-state index in [1.165, 1.54) is 22.6 Å². The van der Waals surface area contributed by atoms with Crippen molar-refractivity contribution in [2.45, 2.75) is 37.8 Å². The first kappa shape index (κ1) is 19.3. The Morgan fingerprint density at radius 2 is 1.74 bits per heavy atom. The van der Waals surface area contributed by atoms with Crippen LogP contribution < -0.4 is 10.9 Å². The van der Waals surface area contributed by atoms with E-state index in [4.69, 9.17) is 0 Å². The molecule has 1 aliphatic heterocycles. The maximum absolute atomic E-state index is 12.6. The molecule has 0 spiro atoms. The van der Waals surface area contributed by atoms with Gasteiger partial charge in [-0.25, -0.2) is 8.42 Å². The third kappa shape index (κ3) is 4.64. The van der Waals surface area contributed by atoms with Crippen molar-refractivity contribution in [2.24, 2.45) is 0 Å². The molecule has 7 nitrogen and oxygen atoms in total. The first-order valence-electron chi connectivity index (χ1n) is 8.89. The van der Waals surface area contributed by atoms with Gasteiger partial charge in [-0.15, -0.1) is 0 Å². The van der Waals surface area contributed by atoms with Crippen molar-refractivity contribution in [3.05, 3.63) is 64.1 Å². The standard InChI is InChI=1S/C19H23N3O4S/c1-15-4-6-16(7-5-15)12-20-18(23)14-21-13-17(8-9-19(21)24)27(25,26)22-10-2-3-11-22/h4-9,13H,2-3,10-12,14H2,1H3,(H,20,23). The molecule has 1 saturated heterocycles. The lowest BCUT2D eigenvalue weighted by atomic mass is 10.1. The number of sulfonamides is 1. The highest BCUT2D eigenvalue weighted by atomic mass is 32.2. The number of nitrogens with zero attached hydrogens (tertiary/aromatic N) is 2. The van der Waals surface area contributed by atoms with Crippen molar-refractivity contribution in [3.63, 3.8) is 0 Å². The molecule has 0 bridgehead atoms. The van der Waals surface area contributed by atoms with E-state index in [9.17, 15) is 18.0 Å². The van der Waals surface area contributed by atoms with Crippen molar-refractivity contribution in [1.29, 1.82) is 0 Å². The Bertz CT molecular complexity index is 975. The summed E-state index contributed by atoms with van der Waals surface area (Å²) in [5.74, 6) is -0.353. The highest BCUT2D eigenvalue weighted by Gasteiger charge is 2.27. The number of carbonyl (C=O) groups excluding carboxylic acids is 1. The number of aryl methyl sites for hydroxylation is 1.